The molecule has 0 aromatic rings. The van der Waals surface area contributed by atoms with Gasteiger partial charge in [0.15, 0.2) is 0 Å². The van der Waals surface area contributed by atoms with Crippen LogP contribution in [0.15, 0.2) is 59.1 Å². The molecule has 0 bridgehead atoms. The summed E-state index contributed by atoms with van der Waals surface area (Å²) in [7, 11) is 0. The molecule has 0 amide bonds. The minimum absolute atomic E-state index is 1.15. The molecule has 0 atom stereocenters. The Labute approximate surface area is 82.8 Å². The standard InChI is InChI=1S/C10H12S2/c1-4-7-8-9-10(11-5-2)12-6-3/h4-9H,1-3H2. The summed E-state index contributed by atoms with van der Waals surface area (Å²) in [6.45, 7) is 10.9. The van der Waals surface area contributed by atoms with Crippen molar-refractivity contribution in [2.45, 2.75) is 0 Å². The van der Waals surface area contributed by atoms with Crippen LogP contribution >= 0.6 is 23.5 Å². The van der Waals surface area contributed by atoms with Gasteiger partial charge in [-0.1, -0.05) is 61.5 Å². The van der Waals surface area contributed by atoms with E-state index in [1.165, 1.54) is 0 Å². The first-order valence-electron chi connectivity index (χ1n) is 3.39. The quantitative estimate of drug-likeness (QED) is 0.580. The molecular weight excluding hydrogens is 184 g/mol. The number of rotatable bonds is 6. The number of hydrogen-bond donors (Lipinski definition) is 0. The Kier molecular flexibility index (Phi) is 8.07. The van der Waals surface area contributed by atoms with Crippen LogP contribution in [0.3, 0.4) is 0 Å². The molecule has 0 N–H and O–H groups in total. The monoisotopic (exact) mass is 196 g/mol. The van der Waals surface area contributed by atoms with E-state index in [-0.39, 0.29) is 0 Å². The lowest BCUT2D eigenvalue weighted by atomic mass is 10.5. The van der Waals surface area contributed by atoms with Crippen LogP contribution in [-0.4, -0.2) is 0 Å². The van der Waals surface area contributed by atoms with Gasteiger partial charge in [-0.05, 0) is 16.9 Å². The van der Waals surface area contributed by atoms with Gasteiger partial charge in [-0.3, -0.25) is 0 Å². The SMILES string of the molecule is C=CC=CC=C(SC=C)SC=C. The molecule has 0 unspecified atom stereocenters. The van der Waals surface area contributed by atoms with Crippen molar-refractivity contribution >= 4 is 23.5 Å². The first-order chi connectivity index (χ1) is 5.85. The molecule has 64 valence electrons. The fourth-order valence-corrected chi connectivity index (χ4v) is 1.76. The predicted molar refractivity (Wildman–Crippen MR) is 63.0 cm³/mol. The van der Waals surface area contributed by atoms with Crippen molar-refractivity contribution in [1.29, 1.82) is 0 Å². The van der Waals surface area contributed by atoms with E-state index in [0.29, 0.717) is 0 Å². The Morgan fingerprint density at radius 2 is 1.50 bits per heavy atom. The van der Waals surface area contributed by atoms with Crippen molar-refractivity contribution in [3.8, 4) is 0 Å². The highest BCUT2D eigenvalue weighted by atomic mass is 32.2. The Morgan fingerprint density at radius 1 is 0.917 bits per heavy atom. The van der Waals surface area contributed by atoms with Gasteiger partial charge in [-0.25, -0.2) is 0 Å². The largest absolute Gasteiger partial charge is 0.0991 e. The fraction of sp³-hybridized carbons (Fsp3) is 0. The zero-order valence-corrected chi connectivity index (χ0v) is 8.53. The fourth-order valence-electron chi connectivity index (χ4n) is 0.483. The summed E-state index contributed by atoms with van der Waals surface area (Å²) in [6, 6.07) is 0. The Bertz CT molecular complexity index is 200. The van der Waals surface area contributed by atoms with Gasteiger partial charge in [-0.2, -0.15) is 0 Å². The lowest BCUT2D eigenvalue weighted by Crippen LogP contribution is -1.61. The normalized spacial score (nSPS) is 9.33. The molecule has 0 aromatic carbocycles. The molecule has 12 heavy (non-hydrogen) atoms. The lowest BCUT2D eigenvalue weighted by Gasteiger charge is -1.95. The molecular formula is C10H12S2. The van der Waals surface area contributed by atoms with Crippen LogP contribution in [0.25, 0.3) is 0 Å². The van der Waals surface area contributed by atoms with Crippen molar-refractivity contribution < 1.29 is 0 Å². The highest BCUT2D eigenvalue weighted by Gasteiger charge is 1.89. The molecule has 0 aliphatic rings. The van der Waals surface area contributed by atoms with Gasteiger partial charge in [0.05, 0.1) is 0 Å². The van der Waals surface area contributed by atoms with E-state index in [1.807, 2.05) is 18.2 Å². The van der Waals surface area contributed by atoms with E-state index >= 15 is 0 Å². The molecule has 2 heteroatoms. The second kappa shape index (κ2) is 8.50. The van der Waals surface area contributed by atoms with E-state index in [4.69, 9.17) is 0 Å². The van der Waals surface area contributed by atoms with Crippen molar-refractivity contribution in [3.63, 3.8) is 0 Å². The average molecular weight is 196 g/mol. The maximum absolute atomic E-state index is 3.64. The third kappa shape index (κ3) is 6.13. The first-order valence-corrected chi connectivity index (χ1v) is 5.15. The van der Waals surface area contributed by atoms with Crippen molar-refractivity contribution in [2.75, 3.05) is 0 Å². The van der Waals surface area contributed by atoms with Crippen LogP contribution in [0.5, 0.6) is 0 Å². The molecule has 0 nitrogen and oxygen atoms in total. The summed E-state index contributed by atoms with van der Waals surface area (Å²) < 4.78 is 1.15. The molecule has 0 fully saturated rings. The minimum atomic E-state index is 1.15. The Balaban J connectivity index is 4.14. The first kappa shape index (κ1) is 11.4. The van der Waals surface area contributed by atoms with E-state index in [2.05, 4.69) is 19.7 Å². The van der Waals surface area contributed by atoms with Gasteiger partial charge < -0.3 is 0 Å². The summed E-state index contributed by atoms with van der Waals surface area (Å²) >= 11 is 3.17. The van der Waals surface area contributed by atoms with Gasteiger partial charge in [0.25, 0.3) is 0 Å². The molecule has 0 aliphatic carbocycles. The zero-order valence-electron chi connectivity index (χ0n) is 6.90. The smallest absolute Gasteiger partial charge is 0.0486 e. The molecule has 0 rings (SSSR count). The minimum Gasteiger partial charge on any atom is -0.0991 e. The van der Waals surface area contributed by atoms with Crippen LogP contribution in [0.2, 0.25) is 0 Å². The molecule has 0 saturated heterocycles. The van der Waals surface area contributed by atoms with Gasteiger partial charge in [0.2, 0.25) is 0 Å². The number of thioether (sulfide) groups is 2. The van der Waals surface area contributed by atoms with Crippen molar-refractivity contribution in [1.82, 2.24) is 0 Å². The highest BCUT2D eigenvalue weighted by molar-refractivity contribution is 8.24. The van der Waals surface area contributed by atoms with Crippen LogP contribution in [-0.2, 0) is 0 Å². The second-order valence-electron chi connectivity index (χ2n) is 1.68. The second-order valence-corrected chi connectivity index (χ2v) is 3.95. The highest BCUT2D eigenvalue weighted by Crippen LogP contribution is 2.29. The van der Waals surface area contributed by atoms with E-state index in [9.17, 15) is 0 Å². The summed E-state index contributed by atoms with van der Waals surface area (Å²) in [5, 5.41) is 3.59. The van der Waals surface area contributed by atoms with Crippen molar-refractivity contribution in [3.05, 3.63) is 59.1 Å². The van der Waals surface area contributed by atoms with Crippen LogP contribution in [0.4, 0.5) is 0 Å². The topological polar surface area (TPSA) is 0 Å². The third-order valence-electron chi connectivity index (χ3n) is 0.878. The van der Waals surface area contributed by atoms with Crippen LogP contribution < -0.4 is 0 Å². The summed E-state index contributed by atoms with van der Waals surface area (Å²) in [5.74, 6) is 0. The van der Waals surface area contributed by atoms with Gasteiger partial charge >= 0.3 is 0 Å². The number of allylic oxidation sites excluding steroid dienone is 4. The zero-order chi connectivity index (χ0) is 9.23. The van der Waals surface area contributed by atoms with Crippen LogP contribution in [0, 0.1) is 0 Å². The Hall–Kier alpha value is -0.600. The molecule has 0 aliphatic heterocycles. The molecule has 0 radical (unpaired) electrons. The summed E-state index contributed by atoms with van der Waals surface area (Å²) in [6.07, 6.45) is 7.56. The maximum atomic E-state index is 3.64. The molecule has 0 spiro atoms. The van der Waals surface area contributed by atoms with Gasteiger partial charge in [-0.15, -0.1) is 0 Å². The molecule has 0 aromatic heterocycles. The predicted octanol–water partition coefficient (Wildman–Crippen LogP) is 4.32. The number of hydrogen-bond acceptors (Lipinski definition) is 2. The summed E-state index contributed by atoms with van der Waals surface area (Å²) in [5.41, 5.74) is 0. The van der Waals surface area contributed by atoms with Crippen LogP contribution in [0.1, 0.15) is 0 Å². The van der Waals surface area contributed by atoms with Gasteiger partial charge in [0.1, 0.15) is 0 Å². The summed E-state index contributed by atoms with van der Waals surface area (Å²) in [4.78, 5) is 0. The van der Waals surface area contributed by atoms with E-state index < -0.39 is 0 Å². The van der Waals surface area contributed by atoms with Gasteiger partial charge in [0, 0.05) is 4.24 Å². The van der Waals surface area contributed by atoms with E-state index in [1.54, 1.807) is 40.4 Å². The lowest BCUT2D eigenvalue weighted by molar-refractivity contribution is 1.96. The molecule has 0 heterocycles. The van der Waals surface area contributed by atoms with E-state index in [0.717, 1.165) is 4.24 Å². The Morgan fingerprint density at radius 3 is 1.92 bits per heavy atom. The maximum Gasteiger partial charge on any atom is 0.0486 e. The van der Waals surface area contributed by atoms with Crippen molar-refractivity contribution in [2.24, 2.45) is 0 Å². The molecule has 0 saturated carbocycles. The average Bonchev–Trinajstić information content (AvgIpc) is 2.06. The third-order valence-corrected chi connectivity index (χ3v) is 2.53.